The van der Waals surface area contributed by atoms with Crippen molar-refractivity contribution in [3.05, 3.63) is 22.4 Å². The standard InChI is InChI=1S/C12H15N7S/c1-7-8(20-6-16-7)4-19(3)11-9-10(15-5-14-9)17-12(13-2)18-11/h5-6H,4H2,1-3H3,(H2,13,14,15,17,18). The van der Waals surface area contributed by atoms with E-state index in [9.17, 15) is 0 Å². The first-order chi connectivity index (χ1) is 9.69. The molecule has 0 aliphatic carbocycles. The fourth-order valence-electron chi connectivity index (χ4n) is 1.97. The molecule has 3 rings (SSSR count). The molecule has 0 amide bonds. The van der Waals surface area contributed by atoms with Gasteiger partial charge in [0, 0.05) is 19.0 Å². The van der Waals surface area contributed by atoms with Crippen LogP contribution in [0.2, 0.25) is 0 Å². The lowest BCUT2D eigenvalue weighted by Gasteiger charge is -2.18. The Kier molecular flexibility index (Phi) is 3.23. The first kappa shape index (κ1) is 12.8. The molecule has 0 fully saturated rings. The zero-order chi connectivity index (χ0) is 14.1. The molecule has 3 aromatic rings. The van der Waals surface area contributed by atoms with Crippen molar-refractivity contribution in [2.45, 2.75) is 13.5 Å². The van der Waals surface area contributed by atoms with Gasteiger partial charge >= 0.3 is 0 Å². The number of H-pyrrole nitrogens is 1. The van der Waals surface area contributed by atoms with Crippen LogP contribution < -0.4 is 10.2 Å². The molecule has 20 heavy (non-hydrogen) atoms. The molecule has 0 saturated carbocycles. The highest BCUT2D eigenvalue weighted by molar-refractivity contribution is 7.09. The molecule has 0 bridgehead atoms. The summed E-state index contributed by atoms with van der Waals surface area (Å²) in [6, 6.07) is 0. The van der Waals surface area contributed by atoms with Gasteiger partial charge in [0.2, 0.25) is 5.95 Å². The first-order valence-electron chi connectivity index (χ1n) is 6.18. The zero-order valence-electron chi connectivity index (χ0n) is 11.5. The van der Waals surface area contributed by atoms with Crippen LogP contribution in [0.3, 0.4) is 0 Å². The fourth-order valence-corrected chi connectivity index (χ4v) is 2.80. The smallest absolute Gasteiger partial charge is 0.226 e. The summed E-state index contributed by atoms with van der Waals surface area (Å²) in [5.74, 6) is 1.39. The van der Waals surface area contributed by atoms with E-state index in [1.165, 1.54) is 4.88 Å². The third-order valence-corrected chi connectivity index (χ3v) is 4.00. The monoisotopic (exact) mass is 289 g/mol. The third kappa shape index (κ3) is 2.18. The molecule has 8 heteroatoms. The Morgan fingerprint density at radius 3 is 2.90 bits per heavy atom. The van der Waals surface area contributed by atoms with Gasteiger partial charge in [0.25, 0.3) is 0 Å². The topological polar surface area (TPSA) is 82.6 Å². The molecule has 0 aromatic carbocycles. The Morgan fingerprint density at radius 1 is 1.35 bits per heavy atom. The van der Waals surface area contributed by atoms with Gasteiger partial charge in [-0.3, -0.25) is 0 Å². The number of hydrogen-bond acceptors (Lipinski definition) is 7. The van der Waals surface area contributed by atoms with Crippen LogP contribution in [0, 0.1) is 6.92 Å². The number of anilines is 2. The van der Waals surface area contributed by atoms with Gasteiger partial charge in [-0.25, -0.2) is 9.97 Å². The van der Waals surface area contributed by atoms with E-state index in [4.69, 9.17) is 0 Å². The minimum atomic E-state index is 0.562. The van der Waals surface area contributed by atoms with Gasteiger partial charge in [-0.2, -0.15) is 9.97 Å². The van der Waals surface area contributed by atoms with Gasteiger partial charge in [-0.15, -0.1) is 11.3 Å². The van der Waals surface area contributed by atoms with Crippen LogP contribution in [-0.2, 0) is 6.54 Å². The molecule has 0 unspecified atom stereocenters. The molecular weight excluding hydrogens is 274 g/mol. The number of thiazole rings is 1. The molecule has 0 atom stereocenters. The summed E-state index contributed by atoms with van der Waals surface area (Å²) in [7, 11) is 3.80. The Labute approximate surface area is 120 Å². The highest BCUT2D eigenvalue weighted by atomic mass is 32.1. The summed E-state index contributed by atoms with van der Waals surface area (Å²) in [5.41, 5.74) is 4.43. The van der Waals surface area contributed by atoms with E-state index in [0.717, 1.165) is 23.6 Å². The summed E-state index contributed by atoms with van der Waals surface area (Å²) in [6.45, 7) is 2.77. The fraction of sp³-hybridized carbons (Fsp3) is 0.333. The molecule has 0 radical (unpaired) electrons. The van der Waals surface area contributed by atoms with Crippen LogP contribution >= 0.6 is 11.3 Å². The maximum absolute atomic E-state index is 4.52. The van der Waals surface area contributed by atoms with Crippen molar-refractivity contribution in [3.8, 4) is 0 Å². The van der Waals surface area contributed by atoms with Gasteiger partial charge in [0.15, 0.2) is 11.5 Å². The van der Waals surface area contributed by atoms with Crippen molar-refractivity contribution in [1.29, 1.82) is 0 Å². The minimum absolute atomic E-state index is 0.562. The number of rotatable bonds is 4. The average molecular weight is 289 g/mol. The first-order valence-corrected chi connectivity index (χ1v) is 7.06. The summed E-state index contributed by atoms with van der Waals surface area (Å²) in [4.78, 5) is 23.7. The van der Waals surface area contributed by atoms with E-state index in [0.29, 0.717) is 11.6 Å². The highest BCUT2D eigenvalue weighted by Gasteiger charge is 2.15. The number of nitrogens with zero attached hydrogens (tertiary/aromatic N) is 5. The second kappa shape index (κ2) is 5.04. The lowest BCUT2D eigenvalue weighted by Crippen LogP contribution is -2.19. The van der Waals surface area contributed by atoms with Crippen molar-refractivity contribution in [1.82, 2.24) is 24.9 Å². The van der Waals surface area contributed by atoms with E-state index in [2.05, 4.69) is 35.1 Å². The molecular formula is C12H15N7S. The largest absolute Gasteiger partial charge is 0.357 e. The number of nitrogens with one attached hydrogen (secondary N) is 2. The molecule has 0 saturated heterocycles. The summed E-state index contributed by atoms with van der Waals surface area (Å²) >= 11 is 1.65. The Morgan fingerprint density at radius 2 is 2.20 bits per heavy atom. The van der Waals surface area contributed by atoms with Crippen LogP contribution in [0.5, 0.6) is 0 Å². The minimum Gasteiger partial charge on any atom is -0.357 e. The molecule has 3 heterocycles. The van der Waals surface area contributed by atoms with Crippen LogP contribution in [0.15, 0.2) is 11.8 Å². The summed E-state index contributed by atoms with van der Waals surface area (Å²) in [6.07, 6.45) is 1.63. The molecule has 0 aliphatic heterocycles. The lowest BCUT2D eigenvalue weighted by molar-refractivity contribution is 0.902. The summed E-state index contributed by atoms with van der Waals surface area (Å²) in [5, 5.41) is 2.96. The summed E-state index contributed by atoms with van der Waals surface area (Å²) < 4.78 is 0. The lowest BCUT2D eigenvalue weighted by atomic mass is 10.3. The second-order valence-corrected chi connectivity index (χ2v) is 5.38. The predicted molar refractivity (Wildman–Crippen MR) is 80.2 cm³/mol. The number of aromatic amines is 1. The van der Waals surface area contributed by atoms with Crippen LogP contribution in [-0.4, -0.2) is 39.0 Å². The van der Waals surface area contributed by atoms with Crippen molar-refractivity contribution < 1.29 is 0 Å². The number of imidazole rings is 1. The Balaban J connectivity index is 2.00. The quantitative estimate of drug-likeness (QED) is 0.762. The molecule has 104 valence electrons. The van der Waals surface area contributed by atoms with Crippen molar-refractivity contribution >= 4 is 34.3 Å². The molecule has 0 spiro atoms. The molecule has 2 N–H and O–H groups in total. The van der Waals surface area contributed by atoms with E-state index >= 15 is 0 Å². The van der Waals surface area contributed by atoms with Crippen LogP contribution in [0.25, 0.3) is 11.2 Å². The van der Waals surface area contributed by atoms with Gasteiger partial charge in [0.05, 0.1) is 24.1 Å². The van der Waals surface area contributed by atoms with Crippen molar-refractivity contribution in [3.63, 3.8) is 0 Å². The Hall–Kier alpha value is -2.22. The molecule has 0 aliphatic rings. The molecule has 3 aromatic heterocycles. The zero-order valence-corrected chi connectivity index (χ0v) is 12.3. The maximum atomic E-state index is 4.52. The van der Waals surface area contributed by atoms with Gasteiger partial charge < -0.3 is 15.2 Å². The average Bonchev–Trinajstić information content (AvgIpc) is 3.06. The molecule has 7 nitrogen and oxygen atoms in total. The highest BCUT2D eigenvalue weighted by Crippen LogP contribution is 2.24. The van der Waals surface area contributed by atoms with E-state index in [1.807, 2.05) is 19.5 Å². The predicted octanol–water partition coefficient (Wildman–Crippen LogP) is 1.80. The van der Waals surface area contributed by atoms with Gasteiger partial charge in [-0.1, -0.05) is 0 Å². The van der Waals surface area contributed by atoms with Crippen molar-refractivity contribution in [2.75, 3.05) is 24.3 Å². The second-order valence-electron chi connectivity index (χ2n) is 4.44. The number of aromatic nitrogens is 5. The number of fused-ring (bicyclic) bond motifs is 1. The normalized spacial score (nSPS) is 10.9. The maximum Gasteiger partial charge on any atom is 0.226 e. The van der Waals surface area contributed by atoms with E-state index in [1.54, 1.807) is 24.7 Å². The van der Waals surface area contributed by atoms with Crippen molar-refractivity contribution in [2.24, 2.45) is 0 Å². The van der Waals surface area contributed by atoms with E-state index < -0.39 is 0 Å². The Bertz CT molecular complexity index is 732. The van der Waals surface area contributed by atoms with E-state index in [-0.39, 0.29) is 0 Å². The van der Waals surface area contributed by atoms with Gasteiger partial charge in [0.1, 0.15) is 5.52 Å². The van der Waals surface area contributed by atoms with Crippen LogP contribution in [0.1, 0.15) is 10.6 Å². The number of hydrogen-bond donors (Lipinski definition) is 2. The SMILES string of the molecule is CNc1nc(N(C)Cc2scnc2C)c2[nH]cnc2n1. The number of aryl methyl sites for hydroxylation is 1. The van der Waals surface area contributed by atoms with Gasteiger partial charge in [-0.05, 0) is 6.92 Å². The third-order valence-electron chi connectivity index (χ3n) is 3.08. The van der Waals surface area contributed by atoms with Crippen LogP contribution in [0.4, 0.5) is 11.8 Å².